The molecule has 2 rings (SSSR count). The van der Waals surface area contributed by atoms with Gasteiger partial charge in [-0.2, -0.15) is 4.31 Å². The molecular formula is C18H28N2O4S. The maximum absolute atomic E-state index is 12.7. The summed E-state index contributed by atoms with van der Waals surface area (Å²) in [6, 6.07) is 6.32. The molecule has 0 aromatic heterocycles. The Morgan fingerprint density at radius 1 is 1.28 bits per heavy atom. The predicted octanol–water partition coefficient (Wildman–Crippen LogP) is 2.41. The Labute approximate surface area is 150 Å². The van der Waals surface area contributed by atoms with E-state index in [2.05, 4.69) is 12.2 Å². The number of carbonyl (C=O) groups excluding carboxylic acids is 1. The minimum absolute atomic E-state index is 0.0681. The number of nitrogens with one attached hydrogen (secondary N) is 1. The van der Waals surface area contributed by atoms with Gasteiger partial charge in [-0.3, -0.25) is 4.79 Å². The highest BCUT2D eigenvalue weighted by atomic mass is 32.2. The zero-order chi connectivity index (χ0) is 18.3. The molecule has 1 aromatic rings. The number of rotatable bonds is 8. The summed E-state index contributed by atoms with van der Waals surface area (Å²) in [5, 5.41) is 2.95. The molecule has 0 bridgehead atoms. The number of carbonyl (C=O) groups is 1. The number of ether oxygens (including phenoxy) is 1. The van der Waals surface area contributed by atoms with E-state index >= 15 is 0 Å². The van der Waals surface area contributed by atoms with Gasteiger partial charge in [0.25, 0.3) is 5.91 Å². The van der Waals surface area contributed by atoms with E-state index in [1.807, 2.05) is 6.92 Å². The molecular weight excluding hydrogens is 340 g/mol. The first-order chi connectivity index (χ1) is 11.9. The van der Waals surface area contributed by atoms with Gasteiger partial charge in [0, 0.05) is 24.7 Å². The van der Waals surface area contributed by atoms with Crippen LogP contribution in [-0.2, 0) is 14.8 Å². The van der Waals surface area contributed by atoms with Gasteiger partial charge in [-0.25, -0.2) is 8.42 Å². The first-order valence-electron chi connectivity index (χ1n) is 8.94. The van der Waals surface area contributed by atoms with Crippen LogP contribution in [0.15, 0.2) is 29.2 Å². The quantitative estimate of drug-likeness (QED) is 0.715. The number of nitrogens with zero attached hydrogens (tertiary/aromatic N) is 1. The number of hydrogen-bond acceptors (Lipinski definition) is 4. The molecule has 1 amide bonds. The summed E-state index contributed by atoms with van der Waals surface area (Å²) in [4.78, 5) is 12.6. The van der Waals surface area contributed by atoms with Gasteiger partial charge in [0.2, 0.25) is 10.0 Å². The van der Waals surface area contributed by atoms with Gasteiger partial charge in [-0.05, 0) is 31.5 Å². The van der Waals surface area contributed by atoms with Gasteiger partial charge >= 0.3 is 0 Å². The van der Waals surface area contributed by atoms with Crippen LogP contribution in [-0.4, -0.2) is 51.0 Å². The van der Waals surface area contributed by atoms with Crippen molar-refractivity contribution in [3.63, 3.8) is 0 Å². The van der Waals surface area contributed by atoms with Crippen molar-refractivity contribution in [3.8, 4) is 0 Å². The number of morpholine rings is 1. The van der Waals surface area contributed by atoms with Crippen LogP contribution in [0.1, 0.15) is 49.9 Å². The second-order valence-corrected chi connectivity index (χ2v) is 8.35. The Morgan fingerprint density at radius 2 is 2.00 bits per heavy atom. The first kappa shape index (κ1) is 19.9. The second kappa shape index (κ2) is 9.31. The summed E-state index contributed by atoms with van der Waals surface area (Å²) in [5.41, 5.74) is 0.372. The van der Waals surface area contributed by atoms with Crippen LogP contribution < -0.4 is 5.32 Å². The molecule has 0 saturated carbocycles. The third kappa shape index (κ3) is 5.52. The number of unbranched alkanes of at least 4 members (excludes halogenated alkanes) is 2. The van der Waals surface area contributed by atoms with Gasteiger partial charge in [-0.1, -0.05) is 32.3 Å². The zero-order valence-electron chi connectivity index (χ0n) is 15.0. The largest absolute Gasteiger partial charge is 0.379 e. The molecule has 1 aliphatic rings. The summed E-state index contributed by atoms with van der Waals surface area (Å²) >= 11 is 0. The minimum Gasteiger partial charge on any atom is -0.379 e. The molecule has 1 unspecified atom stereocenters. The van der Waals surface area contributed by atoms with E-state index in [1.165, 1.54) is 16.4 Å². The summed E-state index contributed by atoms with van der Waals surface area (Å²) < 4.78 is 32.0. The third-order valence-electron chi connectivity index (χ3n) is 4.32. The fourth-order valence-corrected chi connectivity index (χ4v) is 4.27. The van der Waals surface area contributed by atoms with Gasteiger partial charge in [0.1, 0.15) is 0 Å². The monoisotopic (exact) mass is 368 g/mol. The van der Waals surface area contributed by atoms with Crippen molar-refractivity contribution in [1.82, 2.24) is 9.62 Å². The van der Waals surface area contributed by atoms with Crippen LogP contribution in [0.3, 0.4) is 0 Å². The van der Waals surface area contributed by atoms with Crippen LogP contribution in [0.25, 0.3) is 0 Å². The smallest absolute Gasteiger partial charge is 0.251 e. The second-order valence-electron chi connectivity index (χ2n) is 6.41. The standard InChI is InChI=1S/C18H28N2O4S/c1-3-4-5-7-15(2)19-18(21)16-8-6-9-17(14-16)25(22,23)20-10-12-24-13-11-20/h6,8-9,14-15H,3-5,7,10-13H2,1-2H3,(H,19,21). The predicted molar refractivity (Wildman–Crippen MR) is 97.1 cm³/mol. The van der Waals surface area contributed by atoms with E-state index in [0.717, 1.165) is 25.7 Å². The molecule has 1 aromatic carbocycles. The number of amides is 1. The van der Waals surface area contributed by atoms with Gasteiger partial charge in [-0.15, -0.1) is 0 Å². The van der Waals surface area contributed by atoms with E-state index in [-0.39, 0.29) is 16.8 Å². The molecule has 6 nitrogen and oxygen atoms in total. The molecule has 1 saturated heterocycles. The van der Waals surface area contributed by atoms with Crippen molar-refractivity contribution in [2.45, 2.75) is 50.5 Å². The van der Waals surface area contributed by atoms with Crippen molar-refractivity contribution in [2.24, 2.45) is 0 Å². The Balaban J connectivity index is 2.06. The van der Waals surface area contributed by atoms with E-state index < -0.39 is 10.0 Å². The fourth-order valence-electron chi connectivity index (χ4n) is 2.81. The van der Waals surface area contributed by atoms with Crippen molar-refractivity contribution in [3.05, 3.63) is 29.8 Å². The summed E-state index contributed by atoms with van der Waals surface area (Å²) in [6.45, 7) is 5.59. The Bertz CT molecular complexity index is 669. The molecule has 1 aliphatic heterocycles. The normalized spacial score (nSPS) is 17.2. The van der Waals surface area contributed by atoms with Crippen LogP contribution in [0, 0.1) is 0 Å². The fraction of sp³-hybridized carbons (Fsp3) is 0.611. The molecule has 0 radical (unpaired) electrons. The zero-order valence-corrected chi connectivity index (χ0v) is 15.8. The van der Waals surface area contributed by atoms with Gasteiger partial charge < -0.3 is 10.1 Å². The van der Waals surface area contributed by atoms with Crippen molar-refractivity contribution < 1.29 is 17.9 Å². The molecule has 1 atom stereocenters. The minimum atomic E-state index is -3.59. The maximum atomic E-state index is 12.7. The average molecular weight is 368 g/mol. The molecule has 0 aliphatic carbocycles. The van der Waals surface area contributed by atoms with E-state index in [1.54, 1.807) is 12.1 Å². The lowest BCUT2D eigenvalue weighted by atomic mass is 10.1. The van der Waals surface area contributed by atoms with E-state index in [4.69, 9.17) is 4.74 Å². The van der Waals surface area contributed by atoms with Crippen molar-refractivity contribution in [1.29, 1.82) is 0 Å². The van der Waals surface area contributed by atoms with E-state index in [9.17, 15) is 13.2 Å². The Morgan fingerprint density at radius 3 is 2.68 bits per heavy atom. The summed E-state index contributed by atoms with van der Waals surface area (Å²) in [7, 11) is -3.59. The van der Waals surface area contributed by atoms with E-state index in [0.29, 0.717) is 31.9 Å². The highest BCUT2D eigenvalue weighted by molar-refractivity contribution is 7.89. The summed E-state index contributed by atoms with van der Waals surface area (Å²) in [5.74, 6) is -0.233. The molecule has 7 heteroatoms. The van der Waals surface area contributed by atoms with Crippen molar-refractivity contribution in [2.75, 3.05) is 26.3 Å². The molecule has 1 N–H and O–H groups in total. The molecule has 140 valence electrons. The average Bonchev–Trinajstić information content (AvgIpc) is 2.62. The molecule has 0 spiro atoms. The highest BCUT2D eigenvalue weighted by Gasteiger charge is 2.26. The molecule has 25 heavy (non-hydrogen) atoms. The van der Waals surface area contributed by atoms with Crippen LogP contribution in [0.2, 0.25) is 0 Å². The first-order valence-corrected chi connectivity index (χ1v) is 10.4. The number of benzene rings is 1. The lowest BCUT2D eigenvalue weighted by Gasteiger charge is -2.26. The topological polar surface area (TPSA) is 75.7 Å². The molecule has 1 heterocycles. The van der Waals surface area contributed by atoms with Crippen LogP contribution in [0.4, 0.5) is 0 Å². The number of sulfonamides is 1. The van der Waals surface area contributed by atoms with Gasteiger partial charge in [0.15, 0.2) is 0 Å². The SMILES string of the molecule is CCCCCC(C)NC(=O)c1cccc(S(=O)(=O)N2CCOCC2)c1. The van der Waals surface area contributed by atoms with Crippen LogP contribution in [0.5, 0.6) is 0 Å². The van der Waals surface area contributed by atoms with Gasteiger partial charge in [0.05, 0.1) is 18.1 Å². The van der Waals surface area contributed by atoms with Crippen molar-refractivity contribution >= 4 is 15.9 Å². The van der Waals surface area contributed by atoms with Crippen LogP contribution >= 0.6 is 0 Å². The summed E-state index contributed by atoms with van der Waals surface area (Å²) in [6.07, 6.45) is 4.28. The maximum Gasteiger partial charge on any atom is 0.251 e. The molecule has 1 fully saturated rings. The lowest BCUT2D eigenvalue weighted by molar-refractivity contribution is 0.0730. The Hall–Kier alpha value is -1.44. The highest BCUT2D eigenvalue weighted by Crippen LogP contribution is 2.18. The Kier molecular flexibility index (Phi) is 7.40. The number of hydrogen-bond donors (Lipinski definition) is 1. The third-order valence-corrected chi connectivity index (χ3v) is 6.22. The lowest BCUT2D eigenvalue weighted by Crippen LogP contribution is -2.40.